The van der Waals surface area contributed by atoms with Gasteiger partial charge in [0.2, 0.25) is 0 Å². The van der Waals surface area contributed by atoms with Gasteiger partial charge in [-0.2, -0.15) is 0 Å². The highest BCUT2D eigenvalue weighted by Crippen LogP contribution is 2.24. The van der Waals surface area contributed by atoms with E-state index in [0.29, 0.717) is 12.4 Å². The smallest absolute Gasteiger partial charge is 0.161 e. The summed E-state index contributed by atoms with van der Waals surface area (Å²) in [5.74, 6) is 0.684. The highest BCUT2D eigenvalue weighted by Gasteiger charge is 1.99. The van der Waals surface area contributed by atoms with Crippen LogP contribution in [0.3, 0.4) is 0 Å². The SMILES string of the molecule is C=C(CC)COc1ccccc1O. The molecule has 0 radical (unpaired) electrons. The molecule has 0 bridgehead atoms. The fourth-order valence-corrected chi connectivity index (χ4v) is 0.861. The van der Waals surface area contributed by atoms with E-state index < -0.39 is 0 Å². The van der Waals surface area contributed by atoms with Gasteiger partial charge in [0.1, 0.15) is 6.61 Å². The molecule has 0 amide bonds. The standard InChI is InChI=1S/C11H14O2/c1-3-9(2)8-13-11-7-5-4-6-10(11)12/h4-7,12H,2-3,8H2,1H3. The van der Waals surface area contributed by atoms with E-state index >= 15 is 0 Å². The molecule has 0 aliphatic heterocycles. The molecule has 0 fully saturated rings. The van der Waals surface area contributed by atoms with Crippen molar-refractivity contribution < 1.29 is 9.84 Å². The molecule has 0 aliphatic rings. The Morgan fingerprint density at radius 3 is 2.77 bits per heavy atom. The summed E-state index contributed by atoms with van der Waals surface area (Å²) in [4.78, 5) is 0. The van der Waals surface area contributed by atoms with Gasteiger partial charge in [0.25, 0.3) is 0 Å². The molecule has 2 nitrogen and oxygen atoms in total. The molecule has 0 atom stereocenters. The van der Waals surface area contributed by atoms with E-state index in [1.54, 1.807) is 18.2 Å². The Morgan fingerprint density at radius 2 is 2.15 bits per heavy atom. The Labute approximate surface area is 78.5 Å². The molecular weight excluding hydrogens is 164 g/mol. The molecular formula is C11H14O2. The van der Waals surface area contributed by atoms with E-state index in [1.165, 1.54) is 0 Å². The predicted molar refractivity (Wildman–Crippen MR) is 53.0 cm³/mol. The summed E-state index contributed by atoms with van der Waals surface area (Å²) in [7, 11) is 0. The summed E-state index contributed by atoms with van der Waals surface area (Å²) < 4.78 is 5.34. The lowest BCUT2D eigenvalue weighted by Gasteiger charge is -2.07. The highest BCUT2D eigenvalue weighted by molar-refractivity contribution is 5.38. The molecule has 70 valence electrons. The Kier molecular flexibility index (Phi) is 3.38. The van der Waals surface area contributed by atoms with E-state index in [1.807, 2.05) is 13.0 Å². The van der Waals surface area contributed by atoms with Crippen molar-refractivity contribution in [2.45, 2.75) is 13.3 Å². The van der Waals surface area contributed by atoms with Crippen LogP contribution in [0.25, 0.3) is 0 Å². The molecule has 2 heteroatoms. The minimum atomic E-state index is 0.173. The maximum atomic E-state index is 9.34. The first-order valence-electron chi connectivity index (χ1n) is 4.31. The van der Waals surface area contributed by atoms with Crippen molar-refractivity contribution in [3.05, 3.63) is 36.4 Å². The monoisotopic (exact) mass is 178 g/mol. The number of rotatable bonds is 4. The number of benzene rings is 1. The fourth-order valence-electron chi connectivity index (χ4n) is 0.861. The van der Waals surface area contributed by atoms with Crippen LogP contribution in [-0.2, 0) is 0 Å². The average molecular weight is 178 g/mol. The molecule has 0 heterocycles. The van der Waals surface area contributed by atoms with E-state index in [4.69, 9.17) is 4.74 Å². The third kappa shape index (κ3) is 2.82. The van der Waals surface area contributed by atoms with Gasteiger partial charge in [-0.3, -0.25) is 0 Å². The number of phenols is 1. The molecule has 0 aliphatic carbocycles. The lowest BCUT2D eigenvalue weighted by Crippen LogP contribution is -1.99. The number of hydrogen-bond acceptors (Lipinski definition) is 2. The van der Waals surface area contributed by atoms with Gasteiger partial charge in [0, 0.05) is 0 Å². The van der Waals surface area contributed by atoms with Crippen molar-refractivity contribution in [1.29, 1.82) is 0 Å². The average Bonchev–Trinajstić information content (AvgIpc) is 2.16. The molecule has 1 rings (SSSR count). The molecule has 13 heavy (non-hydrogen) atoms. The van der Waals surface area contributed by atoms with Crippen LogP contribution in [0.15, 0.2) is 36.4 Å². The Morgan fingerprint density at radius 1 is 1.46 bits per heavy atom. The molecule has 0 spiro atoms. The number of phenolic OH excluding ortho intramolecular Hbond substituents is 1. The fraction of sp³-hybridized carbons (Fsp3) is 0.273. The summed E-state index contributed by atoms with van der Waals surface area (Å²) in [6.07, 6.45) is 0.896. The Balaban J connectivity index is 2.54. The molecule has 0 saturated carbocycles. The molecule has 0 aromatic heterocycles. The van der Waals surface area contributed by atoms with Crippen LogP contribution in [0.5, 0.6) is 11.5 Å². The summed E-state index contributed by atoms with van der Waals surface area (Å²) in [5.41, 5.74) is 1.02. The number of hydrogen-bond donors (Lipinski definition) is 1. The van der Waals surface area contributed by atoms with Crippen LogP contribution >= 0.6 is 0 Å². The predicted octanol–water partition coefficient (Wildman–Crippen LogP) is 2.74. The van der Waals surface area contributed by atoms with Gasteiger partial charge in [-0.15, -0.1) is 0 Å². The van der Waals surface area contributed by atoms with Crippen LogP contribution < -0.4 is 4.74 Å². The van der Waals surface area contributed by atoms with E-state index in [-0.39, 0.29) is 5.75 Å². The van der Waals surface area contributed by atoms with E-state index in [0.717, 1.165) is 12.0 Å². The maximum Gasteiger partial charge on any atom is 0.161 e. The number of aromatic hydroxyl groups is 1. The molecule has 0 saturated heterocycles. The van der Waals surface area contributed by atoms with Crippen molar-refractivity contribution >= 4 is 0 Å². The van der Waals surface area contributed by atoms with Gasteiger partial charge in [-0.05, 0) is 24.1 Å². The second kappa shape index (κ2) is 4.55. The number of ether oxygens (including phenoxy) is 1. The zero-order valence-electron chi connectivity index (χ0n) is 7.79. The summed E-state index contributed by atoms with van der Waals surface area (Å²) in [6, 6.07) is 6.92. The van der Waals surface area contributed by atoms with Crippen LogP contribution in [0.2, 0.25) is 0 Å². The van der Waals surface area contributed by atoms with Gasteiger partial charge in [-0.1, -0.05) is 25.6 Å². The normalized spacial score (nSPS) is 9.62. The van der Waals surface area contributed by atoms with Gasteiger partial charge in [0.05, 0.1) is 0 Å². The second-order valence-electron chi connectivity index (χ2n) is 2.86. The minimum Gasteiger partial charge on any atom is -0.504 e. The third-order valence-corrected chi connectivity index (χ3v) is 1.80. The zero-order chi connectivity index (χ0) is 9.68. The first-order chi connectivity index (χ1) is 6.24. The van der Waals surface area contributed by atoms with Crippen LogP contribution in [-0.4, -0.2) is 11.7 Å². The van der Waals surface area contributed by atoms with Crippen molar-refractivity contribution in [3.8, 4) is 11.5 Å². The summed E-state index contributed by atoms with van der Waals surface area (Å²) >= 11 is 0. The van der Waals surface area contributed by atoms with Crippen molar-refractivity contribution in [1.82, 2.24) is 0 Å². The summed E-state index contributed by atoms with van der Waals surface area (Å²) in [6.45, 7) is 6.30. The molecule has 0 unspecified atom stereocenters. The highest BCUT2D eigenvalue weighted by atomic mass is 16.5. The van der Waals surface area contributed by atoms with Crippen molar-refractivity contribution in [2.24, 2.45) is 0 Å². The van der Waals surface area contributed by atoms with Gasteiger partial charge >= 0.3 is 0 Å². The Hall–Kier alpha value is -1.44. The third-order valence-electron chi connectivity index (χ3n) is 1.80. The van der Waals surface area contributed by atoms with Crippen LogP contribution in [0.1, 0.15) is 13.3 Å². The second-order valence-corrected chi connectivity index (χ2v) is 2.86. The number of para-hydroxylation sites is 2. The van der Waals surface area contributed by atoms with Gasteiger partial charge < -0.3 is 9.84 Å². The quantitative estimate of drug-likeness (QED) is 0.718. The molecule has 1 aromatic carbocycles. The van der Waals surface area contributed by atoms with E-state index in [9.17, 15) is 5.11 Å². The first kappa shape index (κ1) is 9.65. The summed E-state index contributed by atoms with van der Waals surface area (Å²) in [5, 5.41) is 9.34. The molecule has 1 aromatic rings. The maximum absolute atomic E-state index is 9.34. The van der Waals surface area contributed by atoms with E-state index in [2.05, 4.69) is 6.58 Å². The van der Waals surface area contributed by atoms with Crippen molar-refractivity contribution in [3.63, 3.8) is 0 Å². The zero-order valence-corrected chi connectivity index (χ0v) is 7.79. The van der Waals surface area contributed by atoms with Gasteiger partial charge in [-0.25, -0.2) is 0 Å². The minimum absolute atomic E-state index is 0.173. The van der Waals surface area contributed by atoms with Crippen molar-refractivity contribution in [2.75, 3.05) is 6.61 Å². The Bertz CT molecular complexity index is 292. The first-order valence-corrected chi connectivity index (χ1v) is 4.31. The van der Waals surface area contributed by atoms with Crippen LogP contribution in [0, 0.1) is 0 Å². The lowest BCUT2D eigenvalue weighted by molar-refractivity contribution is 0.325. The lowest BCUT2D eigenvalue weighted by atomic mass is 10.2. The van der Waals surface area contributed by atoms with Gasteiger partial charge in [0.15, 0.2) is 11.5 Å². The topological polar surface area (TPSA) is 29.5 Å². The molecule has 1 N–H and O–H groups in total. The largest absolute Gasteiger partial charge is 0.504 e. The van der Waals surface area contributed by atoms with Crippen LogP contribution in [0.4, 0.5) is 0 Å².